The highest BCUT2D eigenvalue weighted by molar-refractivity contribution is 6.35. The molecule has 0 saturated carbocycles. The van der Waals surface area contributed by atoms with Crippen molar-refractivity contribution in [1.29, 1.82) is 0 Å². The highest BCUT2D eigenvalue weighted by atomic mass is 35.5. The second-order valence-electron chi connectivity index (χ2n) is 11.4. The van der Waals surface area contributed by atoms with Crippen molar-refractivity contribution in [2.75, 3.05) is 53.0 Å². The Kier molecular flexibility index (Phi) is 10.1. The van der Waals surface area contributed by atoms with Gasteiger partial charge < -0.3 is 24.3 Å². The zero-order chi connectivity index (χ0) is 31.2. The lowest BCUT2D eigenvalue weighted by atomic mass is 10.1. The Labute approximate surface area is 274 Å². The van der Waals surface area contributed by atoms with Gasteiger partial charge in [-0.3, -0.25) is 9.69 Å². The monoisotopic (exact) mass is 644 g/mol. The normalized spacial score (nSPS) is 14.2. The third-order valence-electron chi connectivity index (χ3n) is 8.50. The molecule has 0 spiro atoms. The van der Waals surface area contributed by atoms with Gasteiger partial charge in [-0.2, -0.15) is 0 Å². The van der Waals surface area contributed by atoms with E-state index in [9.17, 15) is 4.79 Å². The van der Waals surface area contributed by atoms with Gasteiger partial charge in [0.25, 0.3) is 5.91 Å². The van der Waals surface area contributed by atoms with Crippen molar-refractivity contribution in [3.8, 4) is 11.5 Å². The number of hydrogen-bond donors (Lipinski definition) is 1. The van der Waals surface area contributed by atoms with Crippen LogP contribution in [0.5, 0.6) is 11.5 Å². The van der Waals surface area contributed by atoms with Gasteiger partial charge in [0, 0.05) is 78.2 Å². The van der Waals surface area contributed by atoms with Crippen LogP contribution in [-0.4, -0.2) is 73.3 Å². The van der Waals surface area contributed by atoms with Gasteiger partial charge >= 0.3 is 0 Å². The molecule has 0 atom stereocenters. The number of benzene rings is 4. The number of aryl methyl sites for hydroxylation is 1. The number of fused-ring (bicyclic) bond motifs is 2. The van der Waals surface area contributed by atoms with E-state index in [0.29, 0.717) is 23.7 Å². The van der Waals surface area contributed by atoms with E-state index in [0.717, 1.165) is 96.0 Å². The van der Waals surface area contributed by atoms with Crippen molar-refractivity contribution in [2.45, 2.75) is 19.5 Å². The number of nitrogens with one attached hydrogen (secondary N) is 1. The van der Waals surface area contributed by atoms with E-state index in [1.165, 1.54) is 0 Å². The summed E-state index contributed by atoms with van der Waals surface area (Å²) < 4.78 is 14.0. The van der Waals surface area contributed by atoms with Crippen molar-refractivity contribution < 1.29 is 14.3 Å². The Hall–Kier alpha value is -3.75. The summed E-state index contributed by atoms with van der Waals surface area (Å²) in [5.74, 6) is 1.53. The van der Waals surface area contributed by atoms with E-state index in [4.69, 9.17) is 32.7 Å². The first-order valence-electron chi connectivity index (χ1n) is 15.4. The minimum absolute atomic E-state index is 0.115. The molecule has 1 aromatic heterocycles. The van der Waals surface area contributed by atoms with E-state index in [1.54, 1.807) is 7.11 Å². The summed E-state index contributed by atoms with van der Waals surface area (Å²) in [4.78, 5) is 18.3. The highest BCUT2D eigenvalue weighted by Crippen LogP contribution is 2.32. The van der Waals surface area contributed by atoms with Crippen LogP contribution in [-0.2, 0) is 13.1 Å². The summed E-state index contributed by atoms with van der Waals surface area (Å²) in [5, 5.41) is 7.41. The molecule has 1 aliphatic heterocycles. The topological polar surface area (TPSA) is 59.0 Å². The fourth-order valence-electron chi connectivity index (χ4n) is 6.12. The van der Waals surface area contributed by atoms with E-state index < -0.39 is 0 Å². The molecule has 234 valence electrons. The van der Waals surface area contributed by atoms with Crippen LogP contribution in [0.1, 0.15) is 22.3 Å². The molecule has 6 rings (SSSR count). The highest BCUT2D eigenvalue weighted by Gasteiger charge is 2.20. The second kappa shape index (κ2) is 14.6. The van der Waals surface area contributed by atoms with E-state index in [2.05, 4.69) is 25.8 Å². The minimum atomic E-state index is -0.115. The van der Waals surface area contributed by atoms with Crippen molar-refractivity contribution >= 4 is 50.8 Å². The van der Waals surface area contributed by atoms with Gasteiger partial charge in [-0.15, -0.1) is 0 Å². The molecule has 0 radical (unpaired) electrons. The molecule has 0 aliphatic carbocycles. The molecular formula is C36H38Cl2N4O3. The van der Waals surface area contributed by atoms with Gasteiger partial charge in [-0.05, 0) is 48.9 Å². The number of carbonyl (C=O) groups excluding carboxylic acids is 1. The molecule has 2 heterocycles. The van der Waals surface area contributed by atoms with Gasteiger partial charge in [-0.1, -0.05) is 71.7 Å². The van der Waals surface area contributed by atoms with E-state index in [1.807, 2.05) is 79.0 Å². The van der Waals surface area contributed by atoms with Crippen LogP contribution in [0.25, 0.3) is 21.7 Å². The summed E-state index contributed by atoms with van der Waals surface area (Å²) in [6.07, 6.45) is 2.93. The molecule has 1 amide bonds. The van der Waals surface area contributed by atoms with Crippen LogP contribution in [0.4, 0.5) is 0 Å². The maximum Gasteiger partial charge on any atom is 0.253 e. The number of hydrogen-bond acceptors (Lipinski definition) is 5. The summed E-state index contributed by atoms with van der Waals surface area (Å²) in [5.41, 5.74) is 2.56. The summed E-state index contributed by atoms with van der Waals surface area (Å²) >= 11 is 12.5. The van der Waals surface area contributed by atoms with Crippen LogP contribution in [0.2, 0.25) is 10.0 Å². The number of methoxy groups -OCH3 is 1. The first kappa shape index (κ1) is 31.2. The number of carbonyl (C=O) groups is 1. The molecular weight excluding hydrogens is 607 g/mol. The second-order valence-corrected chi connectivity index (χ2v) is 12.2. The van der Waals surface area contributed by atoms with Crippen LogP contribution in [0, 0.1) is 0 Å². The maximum atomic E-state index is 13.3. The quantitative estimate of drug-likeness (QED) is 0.157. The van der Waals surface area contributed by atoms with E-state index >= 15 is 0 Å². The number of nitrogens with zero attached hydrogens (tertiary/aromatic N) is 3. The molecule has 7 nitrogen and oxygen atoms in total. The molecule has 0 unspecified atom stereocenters. The Morgan fingerprint density at radius 1 is 0.800 bits per heavy atom. The fourth-order valence-corrected chi connectivity index (χ4v) is 6.56. The Morgan fingerprint density at radius 2 is 1.53 bits per heavy atom. The smallest absolute Gasteiger partial charge is 0.253 e. The van der Waals surface area contributed by atoms with Crippen molar-refractivity contribution in [3.05, 3.63) is 106 Å². The average molecular weight is 646 g/mol. The predicted molar refractivity (Wildman–Crippen MR) is 183 cm³/mol. The molecule has 1 aliphatic rings. The third-order valence-corrected chi connectivity index (χ3v) is 9.07. The fraction of sp³-hybridized carbons (Fsp3) is 0.306. The maximum absolute atomic E-state index is 13.3. The van der Waals surface area contributed by atoms with Crippen molar-refractivity contribution in [1.82, 2.24) is 19.7 Å². The molecule has 45 heavy (non-hydrogen) atoms. The Morgan fingerprint density at radius 3 is 2.31 bits per heavy atom. The van der Waals surface area contributed by atoms with Gasteiger partial charge in [0.1, 0.15) is 18.1 Å². The lowest BCUT2D eigenvalue weighted by Crippen LogP contribution is -2.47. The number of piperazine rings is 1. The van der Waals surface area contributed by atoms with Gasteiger partial charge in [0.05, 0.1) is 18.2 Å². The lowest BCUT2D eigenvalue weighted by molar-refractivity contribution is 0.0952. The first-order valence-corrected chi connectivity index (χ1v) is 16.2. The number of para-hydroxylation sites is 1. The zero-order valence-corrected chi connectivity index (χ0v) is 27.0. The number of aromatic nitrogens is 1. The van der Waals surface area contributed by atoms with Gasteiger partial charge in [0.15, 0.2) is 0 Å². The molecule has 1 N–H and O–H groups in total. The Balaban J connectivity index is 1.00. The molecule has 1 fully saturated rings. The summed E-state index contributed by atoms with van der Waals surface area (Å²) in [7, 11) is 1.67. The predicted octanol–water partition coefficient (Wildman–Crippen LogP) is 7.13. The largest absolute Gasteiger partial charge is 0.495 e. The van der Waals surface area contributed by atoms with Gasteiger partial charge in [0.2, 0.25) is 0 Å². The van der Waals surface area contributed by atoms with Crippen LogP contribution in [0.3, 0.4) is 0 Å². The summed E-state index contributed by atoms with van der Waals surface area (Å²) in [6, 6.07) is 25.4. The van der Waals surface area contributed by atoms with E-state index in [-0.39, 0.29) is 5.91 Å². The van der Waals surface area contributed by atoms with Crippen LogP contribution >= 0.6 is 23.2 Å². The first-order chi connectivity index (χ1) is 22.0. The molecule has 0 bridgehead atoms. The lowest BCUT2D eigenvalue weighted by Gasteiger charge is -2.34. The van der Waals surface area contributed by atoms with Crippen LogP contribution in [0.15, 0.2) is 85.1 Å². The Bertz CT molecular complexity index is 1780. The summed E-state index contributed by atoms with van der Waals surface area (Å²) in [6.45, 7) is 7.81. The average Bonchev–Trinajstić information content (AvgIpc) is 3.44. The van der Waals surface area contributed by atoms with Crippen molar-refractivity contribution in [3.63, 3.8) is 0 Å². The molecule has 9 heteroatoms. The standard InChI is InChI=1S/C36H38Cl2N4O3/c1-44-34-12-5-11-30-31(36(43)39-24-26-7-4-8-27(37)23-26)25-42(35(30)34)16-6-15-40-17-19-41(20-18-40)21-22-45-33-14-13-32(38)28-9-2-3-10-29(28)33/h2-5,7-14,23,25H,6,15-22,24H2,1H3,(H,39,43). The number of halogens is 2. The minimum Gasteiger partial charge on any atom is -0.495 e. The zero-order valence-electron chi connectivity index (χ0n) is 25.5. The number of rotatable bonds is 12. The van der Waals surface area contributed by atoms with Gasteiger partial charge in [-0.25, -0.2) is 0 Å². The SMILES string of the molecule is COc1cccc2c(C(=O)NCc3cccc(Cl)c3)cn(CCCN3CCN(CCOc4ccc(Cl)c5ccccc45)CC3)c12. The number of amides is 1. The van der Waals surface area contributed by atoms with Crippen molar-refractivity contribution in [2.24, 2.45) is 0 Å². The number of ether oxygens (including phenoxy) is 2. The third kappa shape index (κ3) is 7.39. The van der Waals surface area contributed by atoms with Crippen LogP contribution < -0.4 is 14.8 Å². The molecule has 4 aromatic carbocycles. The molecule has 1 saturated heterocycles. The molecule has 5 aromatic rings.